The molecule has 1 atom stereocenters. The number of nitrogens with two attached hydrogens (primary N) is 1. The van der Waals surface area contributed by atoms with Crippen LogP contribution in [0, 0.1) is 11.3 Å². The van der Waals surface area contributed by atoms with Crippen LogP contribution in [0.2, 0.25) is 0 Å². The van der Waals surface area contributed by atoms with Gasteiger partial charge in [-0.2, -0.15) is 0 Å². The highest BCUT2D eigenvalue weighted by molar-refractivity contribution is 4.75. The maximum atomic E-state index is 5.73. The molecule has 0 spiro atoms. The van der Waals surface area contributed by atoms with Crippen molar-refractivity contribution < 1.29 is 0 Å². The Morgan fingerprint density at radius 1 is 1.12 bits per heavy atom. The molecule has 0 radical (unpaired) electrons. The summed E-state index contributed by atoms with van der Waals surface area (Å²) in [5.41, 5.74) is 6.15. The van der Waals surface area contributed by atoms with Crippen molar-refractivity contribution in [2.24, 2.45) is 17.1 Å². The molecule has 96 valence electrons. The van der Waals surface area contributed by atoms with Crippen molar-refractivity contribution in [3.8, 4) is 0 Å². The van der Waals surface area contributed by atoms with Gasteiger partial charge >= 0.3 is 0 Å². The van der Waals surface area contributed by atoms with Crippen molar-refractivity contribution in [2.45, 2.75) is 65.7 Å². The van der Waals surface area contributed by atoms with Crippen molar-refractivity contribution in [1.82, 2.24) is 0 Å². The Kier molecular flexibility index (Phi) is 8.64. The van der Waals surface area contributed by atoms with Crippen molar-refractivity contribution in [2.75, 3.05) is 6.54 Å². The van der Waals surface area contributed by atoms with Crippen LogP contribution >= 0.6 is 0 Å². The first-order chi connectivity index (χ1) is 7.54. The SMILES string of the molecule is C=CCCCCCCCC(C)(C)C(C)CN. The predicted octanol–water partition coefficient (Wildman–Crippen LogP) is 4.52. The number of unbranched alkanes of at least 4 members (excludes halogenated alkanes) is 5. The molecule has 1 unspecified atom stereocenters. The lowest BCUT2D eigenvalue weighted by molar-refractivity contribution is 0.210. The van der Waals surface area contributed by atoms with E-state index in [-0.39, 0.29) is 0 Å². The lowest BCUT2D eigenvalue weighted by atomic mass is 9.76. The van der Waals surface area contributed by atoms with Gasteiger partial charge < -0.3 is 5.73 Å². The first kappa shape index (κ1) is 15.7. The average molecular weight is 225 g/mol. The highest BCUT2D eigenvalue weighted by atomic mass is 14.6. The molecule has 0 aliphatic carbocycles. The number of hydrogen-bond donors (Lipinski definition) is 1. The van der Waals surface area contributed by atoms with E-state index in [1.54, 1.807) is 0 Å². The van der Waals surface area contributed by atoms with E-state index in [9.17, 15) is 0 Å². The molecule has 0 aromatic carbocycles. The summed E-state index contributed by atoms with van der Waals surface area (Å²) in [6.45, 7) is 11.5. The Balaban J connectivity index is 3.46. The Hall–Kier alpha value is -0.300. The summed E-state index contributed by atoms with van der Waals surface area (Å²) in [5, 5.41) is 0. The van der Waals surface area contributed by atoms with Crippen LogP contribution < -0.4 is 5.73 Å². The lowest BCUT2D eigenvalue weighted by Gasteiger charge is -2.31. The molecule has 0 aliphatic heterocycles. The molecule has 0 aromatic heterocycles. The highest BCUT2D eigenvalue weighted by Crippen LogP contribution is 2.32. The minimum Gasteiger partial charge on any atom is -0.330 e. The fourth-order valence-corrected chi connectivity index (χ4v) is 1.97. The van der Waals surface area contributed by atoms with E-state index in [0.29, 0.717) is 11.3 Å². The molecule has 0 saturated carbocycles. The zero-order valence-corrected chi connectivity index (χ0v) is 11.6. The maximum Gasteiger partial charge on any atom is -0.00464 e. The van der Waals surface area contributed by atoms with Gasteiger partial charge in [-0.1, -0.05) is 52.5 Å². The quantitative estimate of drug-likeness (QED) is 0.429. The van der Waals surface area contributed by atoms with Crippen LogP contribution in [-0.4, -0.2) is 6.54 Å². The second kappa shape index (κ2) is 8.81. The van der Waals surface area contributed by atoms with E-state index >= 15 is 0 Å². The van der Waals surface area contributed by atoms with Crippen LogP contribution in [0.1, 0.15) is 65.7 Å². The van der Waals surface area contributed by atoms with Gasteiger partial charge in [0.2, 0.25) is 0 Å². The molecule has 2 N–H and O–H groups in total. The fourth-order valence-electron chi connectivity index (χ4n) is 1.97. The summed E-state index contributed by atoms with van der Waals surface area (Å²) < 4.78 is 0. The Morgan fingerprint density at radius 3 is 2.25 bits per heavy atom. The first-order valence-corrected chi connectivity index (χ1v) is 6.85. The fraction of sp³-hybridized carbons (Fsp3) is 0.867. The predicted molar refractivity (Wildman–Crippen MR) is 74.5 cm³/mol. The molecule has 0 heterocycles. The van der Waals surface area contributed by atoms with Gasteiger partial charge in [0.05, 0.1) is 0 Å². The molecule has 0 saturated heterocycles. The molecular weight excluding hydrogens is 194 g/mol. The number of hydrogen-bond acceptors (Lipinski definition) is 1. The number of allylic oxidation sites excluding steroid dienone is 1. The average Bonchev–Trinajstić information content (AvgIpc) is 2.26. The van der Waals surface area contributed by atoms with E-state index < -0.39 is 0 Å². The van der Waals surface area contributed by atoms with Crippen molar-refractivity contribution in [3.05, 3.63) is 12.7 Å². The third-order valence-electron chi connectivity index (χ3n) is 3.92. The summed E-state index contributed by atoms with van der Waals surface area (Å²) in [7, 11) is 0. The summed E-state index contributed by atoms with van der Waals surface area (Å²) in [5.74, 6) is 0.633. The van der Waals surface area contributed by atoms with Crippen LogP contribution in [0.25, 0.3) is 0 Å². The zero-order valence-electron chi connectivity index (χ0n) is 11.6. The zero-order chi connectivity index (χ0) is 12.4. The standard InChI is InChI=1S/C15H31N/c1-5-6-7-8-9-10-11-12-15(3,4)14(2)13-16/h5,14H,1,6-13,16H2,2-4H3. The van der Waals surface area contributed by atoms with Crippen molar-refractivity contribution in [3.63, 3.8) is 0 Å². The van der Waals surface area contributed by atoms with Crippen molar-refractivity contribution >= 4 is 0 Å². The summed E-state index contributed by atoms with van der Waals surface area (Å²) >= 11 is 0. The van der Waals surface area contributed by atoms with E-state index in [0.717, 1.165) is 6.54 Å². The molecule has 0 aliphatic rings. The molecule has 16 heavy (non-hydrogen) atoms. The van der Waals surface area contributed by atoms with Crippen molar-refractivity contribution in [1.29, 1.82) is 0 Å². The molecule has 0 bridgehead atoms. The Labute approximate surface area is 102 Å². The molecule has 0 aromatic rings. The van der Waals surface area contributed by atoms with Crippen LogP contribution in [0.4, 0.5) is 0 Å². The van der Waals surface area contributed by atoms with Gasteiger partial charge in [-0.3, -0.25) is 0 Å². The van der Waals surface area contributed by atoms with E-state index in [4.69, 9.17) is 5.73 Å². The highest BCUT2D eigenvalue weighted by Gasteiger charge is 2.23. The van der Waals surface area contributed by atoms with Crippen LogP contribution in [0.15, 0.2) is 12.7 Å². The van der Waals surface area contributed by atoms with Crippen LogP contribution in [0.3, 0.4) is 0 Å². The summed E-state index contributed by atoms with van der Waals surface area (Å²) in [4.78, 5) is 0. The lowest BCUT2D eigenvalue weighted by Crippen LogP contribution is -2.28. The van der Waals surface area contributed by atoms with Gasteiger partial charge in [0.1, 0.15) is 0 Å². The smallest absolute Gasteiger partial charge is 0.00464 e. The first-order valence-electron chi connectivity index (χ1n) is 6.85. The van der Waals surface area contributed by atoms with Gasteiger partial charge in [0, 0.05) is 0 Å². The van der Waals surface area contributed by atoms with Crippen LogP contribution in [-0.2, 0) is 0 Å². The minimum atomic E-state index is 0.413. The summed E-state index contributed by atoms with van der Waals surface area (Å²) in [6, 6.07) is 0. The molecular formula is C15H31N. The second-order valence-electron chi connectivity index (χ2n) is 5.72. The topological polar surface area (TPSA) is 26.0 Å². The molecule has 1 heteroatoms. The number of rotatable bonds is 10. The molecule has 1 nitrogen and oxygen atoms in total. The molecule has 0 rings (SSSR count). The third kappa shape index (κ3) is 7.05. The van der Waals surface area contributed by atoms with E-state index in [1.165, 1.54) is 44.9 Å². The normalized spacial score (nSPS) is 13.8. The van der Waals surface area contributed by atoms with E-state index in [2.05, 4.69) is 27.4 Å². The van der Waals surface area contributed by atoms with Crippen LogP contribution in [0.5, 0.6) is 0 Å². The van der Waals surface area contributed by atoms with Gasteiger partial charge in [-0.05, 0) is 37.1 Å². The van der Waals surface area contributed by atoms with E-state index in [1.807, 2.05) is 6.08 Å². The Bertz CT molecular complexity index is 172. The van der Waals surface area contributed by atoms with Gasteiger partial charge in [0.15, 0.2) is 0 Å². The largest absolute Gasteiger partial charge is 0.330 e. The summed E-state index contributed by atoms with van der Waals surface area (Å²) in [6.07, 6.45) is 11.3. The monoisotopic (exact) mass is 225 g/mol. The molecule has 0 fully saturated rings. The van der Waals surface area contributed by atoms with Gasteiger partial charge in [0.25, 0.3) is 0 Å². The van der Waals surface area contributed by atoms with Gasteiger partial charge in [-0.25, -0.2) is 0 Å². The third-order valence-corrected chi connectivity index (χ3v) is 3.92. The minimum absolute atomic E-state index is 0.413. The second-order valence-corrected chi connectivity index (χ2v) is 5.72. The maximum absolute atomic E-state index is 5.73. The van der Waals surface area contributed by atoms with Gasteiger partial charge in [-0.15, -0.1) is 6.58 Å². The Morgan fingerprint density at radius 2 is 1.69 bits per heavy atom. The molecule has 0 amide bonds.